The first-order chi connectivity index (χ1) is 13.0. The van der Waals surface area contributed by atoms with E-state index in [9.17, 15) is 4.79 Å². The number of nitrogens with one attached hydrogen (secondary N) is 1. The lowest BCUT2D eigenvalue weighted by molar-refractivity contribution is -0.125. The van der Waals surface area contributed by atoms with Crippen LogP contribution >= 0.6 is 11.3 Å². The number of rotatable bonds is 4. The lowest BCUT2D eigenvalue weighted by atomic mass is 9.73. The largest absolute Gasteiger partial charge is 0.497 e. The average Bonchev–Trinajstić information content (AvgIpc) is 3.22. The molecule has 0 spiro atoms. The van der Waals surface area contributed by atoms with E-state index in [0.29, 0.717) is 11.6 Å². The molecule has 0 radical (unpaired) electrons. The summed E-state index contributed by atoms with van der Waals surface area (Å²) in [4.78, 5) is 17.8. The lowest BCUT2D eigenvalue weighted by Gasteiger charge is -2.31. The Hall–Kier alpha value is -2.66. The van der Waals surface area contributed by atoms with Gasteiger partial charge < -0.3 is 10.1 Å². The van der Waals surface area contributed by atoms with Crippen molar-refractivity contribution in [1.82, 2.24) is 4.98 Å². The van der Waals surface area contributed by atoms with Gasteiger partial charge in [-0.15, -0.1) is 11.3 Å². The van der Waals surface area contributed by atoms with Gasteiger partial charge in [0.15, 0.2) is 5.13 Å². The van der Waals surface area contributed by atoms with Gasteiger partial charge in [0.2, 0.25) is 5.91 Å². The number of nitrogens with zero attached hydrogens (tertiary/aromatic N) is 1. The van der Waals surface area contributed by atoms with Crippen molar-refractivity contribution in [2.24, 2.45) is 5.41 Å². The first-order valence-corrected chi connectivity index (χ1v) is 9.84. The van der Waals surface area contributed by atoms with Crippen LogP contribution in [0.3, 0.4) is 0 Å². The number of anilines is 1. The third-order valence-corrected chi connectivity index (χ3v) is 6.23. The van der Waals surface area contributed by atoms with Crippen molar-refractivity contribution < 1.29 is 9.53 Å². The maximum atomic E-state index is 13.4. The zero-order valence-electron chi connectivity index (χ0n) is 15.7. The van der Waals surface area contributed by atoms with Crippen molar-refractivity contribution in [2.45, 2.75) is 26.2 Å². The molecule has 1 amide bonds. The van der Waals surface area contributed by atoms with Gasteiger partial charge in [-0.3, -0.25) is 4.79 Å². The molecule has 0 aliphatic heterocycles. The number of aryl methyl sites for hydroxylation is 1. The summed E-state index contributed by atoms with van der Waals surface area (Å²) in [5.41, 5.74) is 3.80. The fourth-order valence-corrected chi connectivity index (χ4v) is 4.71. The standard InChI is InChI=1S/C22H22N2O2S/c1-14-13-27-21(23-14)24-20(25)22(2)12-16-9-10-17(26-3)11-18(16)19(22)15-7-5-4-6-8-15/h4-11,13,19H,12H2,1-3H3,(H,23,24,25)/t19-,22+/m1/s1. The fraction of sp³-hybridized carbons (Fsp3) is 0.273. The lowest BCUT2D eigenvalue weighted by Crippen LogP contribution is -2.37. The molecule has 2 atom stereocenters. The van der Waals surface area contributed by atoms with Crippen LogP contribution in [0.15, 0.2) is 53.9 Å². The number of thiazole rings is 1. The van der Waals surface area contributed by atoms with Crippen LogP contribution in [0.2, 0.25) is 0 Å². The van der Waals surface area contributed by atoms with E-state index in [1.165, 1.54) is 16.9 Å². The number of amides is 1. The molecule has 2 aromatic carbocycles. The third-order valence-electron chi connectivity index (χ3n) is 5.35. The molecule has 27 heavy (non-hydrogen) atoms. The van der Waals surface area contributed by atoms with Crippen molar-refractivity contribution in [3.63, 3.8) is 0 Å². The second-order valence-corrected chi connectivity index (χ2v) is 8.11. The van der Waals surface area contributed by atoms with Gasteiger partial charge in [0.05, 0.1) is 18.2 Å². The molecular formula is C22H22N2O2S. The summed E-state index contributed by atoms with van der Waals surface area (Å²) < 4.78 is 5.44. The molecule has 1 aromatic heterocycles. The van der Waals surface area contributed by atoms with E-state index < -0.39 is 5.41 Å². The van der Waals surface area contributed by atoms with Crippen LogP contribution in [0.1, 0.15) is 35.2 Å². The van der Waals surface area contributed by atoms with Crippen LogP contribution in [0.5, 0.6) is 5.75 Å². The van der Waals surface area contributed by atoms with Crippen molar-refractivity contribution in [1.29, 1.82) is 0 Å². The summed E-state index contributed by atoms with van der Waals surface area (Å²) in [6, 6.07) is 16.4. The second kappa shape index (κ2) is 6.82. The van der Waals surface area contributed by atoms with Gasteiger partial charge in [-0.2, -0.15) is 0 Å². The second-order valence-electron chi connectivity index (χ2n) is 7.25. The fourth-order valence-electron chi connectivity index (χ4n) is 4.03. The predicted octanol–water partition coefficient (Wildman–Crippen LogP) is 4.79. The summed E-state index contributed by atoms with van der Waals surface area (Å²) in [6.45, 7) is 3.98. The van der Waals surface area contributed by atoms with E-state index in [1.807, 2.05) is 43.5 Å². The Kier molecular flexibility index (Phi) is 4.48. The quantitative estimate of drug-likeness (QED) is 0.710. The van der Waals surface area contributed by atoms with Gasteiger partial charge in [0, 0.05) is 11.3 Å². The highest BCUT2D eigenvalue weighted by atomic mass is 32.1. The summed E-state index contributed by atoms with van der Waals surface area (Å²) >= 11 is 1.46. The molecule has 3 aromatic rings. The number of fused-ring (bicyclic) bond motifs is 1. The highest BCUT2D eigenvalue weighted by molar-refractivity contribution is 7.13. The number of carbonyl (C=O) groups is 1. The number of carbonyl (C=O) groups excluding carboxylic acids is 1. The summed E-state index contributed by atoms with van der Waals surface area (Å²) in [7, 11) is 1.67. The topological polar surface area (TPSA) is 51.2 Å². The zero-order valence-corrected chi connectivity index (χ0v) is 16.5. The van der Waals surface area contributed by atoms with Crippen LogP contribution in [-0.4, -0.2) is 18.0 Å². The smallest absolute Gasteiger partial charge is 0.233 e. The highest BCUT2D eigenvalue weighted by Crippen LogP contribution is 2.52. The van der Waals surface area contributed by atoms with Gasteiger partial charge in [-0.25, -0.2) is 4.98 Å². The molecule has 1 heterocycles. The minimum atomic E-state index is -0.602. The number of ether oxygens (including phenoxy) is 1. The van der Waals surface area contributed by atoms with E-state index in [-0.39, 0.29) is 11.8 Å². The average molecular weight is 378 g/mol. The third kappa shape index (κ3) is 3.12. The van der Waals surface area contributed by atoms with E-state index in [1.54, 1.807) is 7.11 Å². The van der Waals surface area contributed by atoms with Crippen molar-refractivity contribution in [3.05, 3.63) is 76.3 Å². The molecule has 1 N–H and O–H groups in total. The van der Waals surface area contributed by atoms with Gasteiger partial charge >= 0.3 is 0 Å². The molecule has 4 rings (SSSR count). The molecule has 0 fully saturated rings. The van der Waals surface area contributed by atoms with Crippen molar-refractivity contribution >= 4 is 22.4 Å². The molecule has 1 aliphatic rings. The maximum absolute atomic E-state index is 13.4. The summed E-state index contributed by atoms with van der Waals surface area (Å²) in [5.74, 6) is 0.778. The molecule has 0 bridgehead atoms. The predicted molar refractivity (Wildman–Crippen MR) is 109 cm³/mol. The maximum Gasteiger partial charge on any atom is 0.233 e. The number of aromatic nitrogens is 1. The van der Waals surface area contributed by atoms with Crippen LogP contribution in [0.4, 0.5) is 5.13 Å². The number of hydrogen-bond donors (Lipinski definition) is 1. The molecule has 138 valence electrons. The Labute approximate surface area is 163 Å². The van der Waals surface area contributed by atoms with Crippen LogP contribution < -0.4 is 10.1 Å². The molecule has 0 saturated heterocycles. The SMILES string of the molecule is COc1ccc2c(c1)[C@@H](c1ccccc1)[C@@](C)(C(=O)Nc1nc(C)cs1)C2. The number of hydrogen-bond acceptors (Lipinski definition) is 4. The van der Waals surface area contributed by atoms with Crippen molar-refractivity contribution in [2.75, 3.05) is 12.4 Å². The van der Waals surface area contributed by atoms with Gasteiger partial charge in [0.1, 0.15) is 5.75 Å². The minimum Gasteiger partial charge on any atom is -0.497 e. The Balaban J connectivity index is 1.77. The summed E-state index contributed by atoms with van der Waals surface area (Å²) in [5, 5.41) is 5.64. The van der Waals surface area contributed by atoms with Crippen LogP contribution in [-0.2, 0) is 11.2 Å². The Morgan fingerprint density at radius 3 is 2.70 bits per heavy atom. The van der Waals surface area contributed by atoms with E-state index in [2.05, 4.69) is 34.6 Å². The van der Waals surface area contributed by atoms with E-state index >= 15 is 0 Å². The molecule has 0 saturated carbocycles. The number of benzene rings is 2. The normalized spacial score (nSPS) is 20.9. The Morgan fingerprint density at radius 2 is 2.04 bits per heavy atom. The van der Waals surface area contributed by atoms with Crippen LogP contribution in [0.25, 0.3) is 0 Å². The molecule has 0 unspecified atom stereocenters. The minimum absolute atomic E-state index is 0.000805. The van der Waals surface area contributed by atoms with Gasteiger partial charge in [-0.1, -0.05) is 36.4 Å². The van der Waals surface area contributed by atoms with E-state index in [0.717, 1.165) is 22.6 Å². The first kappa shape index (κ1) is 17.7. The first-order valence-electron chi connectivity index (χ1n) is 8.96. The summed E-state index contributed by atoms with van der Waals surface area (Å²) in [6.07, 6.45) is 0.683. The van der Waals surface area contributed by atoms with E-state index in [4.69, 9.17) is 4.74 Å². The van der Waals surface area contributed by atoms with Gasteiger partial charge in [0.25, 0.3) is 0 Å². The Bertz CT molecular complexity index is 983. The molecular weight excluding hydrogens is 356 g/mol. The molecule has 5 heteroatoms. The zero-order chi connectivity index (χ0) is 19.0. The Morgan fingerprint density at radius 1 is 1.26 bits per heavy atom. The van der Waals surface area contributed by atoms with Crippen molar-refractivity contribution in [3.8, 4) is 5.75 Å². The van der Waals surface area contributed by atoms with Gasteiger partial charge in [-0.05, 0) is 49.1 Å². The molecule has 1 aliphatic carbocycles. The monoisotopic (exact) mass is 378 g/mol. The molecule has 4 nitrogen and oxygen atoms in total. The van der Waals surface area contributed by atoms with Crippen LogP contribution in [0, 0.1) is 12.3 Å². The highest BCUT2D eigenvalue weighted by Gasteiger charge is 2.49. The number of methoxy groups -OCH3 is 1.